The Morgan fingerprint density at radius 2 is 0.783 bits per heavy atom. The van der Waals surface area contributed by atoms with Crippen molar-refractivity contribution in [2.24, 2.45) is 35.2 Å². The van der Waals surface area contributed by atoms with E-state index in [0.717, 1.165) is 25.5 Å². The molecule has 0 bridgehead atoms. The molecular formula is C64H79N18O9P. The Balaban J connectivity index is 0.732. The molecule has 92 heavy (non-hydrogen) atoms. The Labute approximate surface area is 532 Å². The molecule has 5 heterocycles. The quantitative estimate of drug-likeness (QED) is 0.0222. The molecule has 0 spiro atoms. The van der Waals surface area contributed by atoms with E-state index in [1.54, 1.807) is 41.4 Å². The smallest absolute Gasteiger partial charge is 0.344 e. The molecule has 27 nitrogen and oxygen atoms in total. The summed E-state index contributed by atoms with van der Waals surface area (Å²) < 4.78 is 7.27. The van der Waals surface area contributed by atoms with Crippen LogP contribution in [0.4, 0.5) is 28.8 Å². The predicted molar refractivity (Wildman–Crippen MR) is 355 cm³/mol. The molecule has 9 N–H and O–H groups in total. The van der Waals surface area contributed by atoms with Crippen LogP contribution in [-0.2, 0) is 54.4 Å². The van der Waals surface area contributed by atoms with Crippen molar-refractivity contribution in [2.45, 2.75) is 44.9 Å². The van der Waals surface area contributed by atoms with Crippen molar-refractivity contribution in [3.63, 3.8) is 0 Å². The summed E-state index contributed by atoms with van der Waals surface area (Å²) in [6.45, 7) is 1.52. The normalized spacial score (nSPS) is 11.3. The minimum atomic E-state index is -2.42. The number of benzene rings is 3. The summed E-state index contributed by atoms with van der Waals surface area (Å²) in [5, 5.41) is 28.4. The second kappa shape index (κ2) is 31.8. The third-order valence-corrected chi connectivity index (χ3v) is 20.1. The average Bonchev–Trinajstić information content (AvgIpc) is 0.935. The molecular weight excluding hydrogens is 1200 g/mol. The van der Waals surface area contributed by atoms with Gasteiger partial charge in [0.2, 0.25) is 29.3 Å². The first kappa shape index (κ1) is 67.4. The zero-order valence-electron chi connectivity index (χ0n) is 52.6. The van der Waals surface area contributed by atoms with Gasteiger partial charge in [0.05, 0.1) is 11.4 Å². The number of nitrogens with zero attached hydrogens (tertiary/aromatic N) is 9. The van der Waals surface area contributed by atoms with E-state index in [9.17, 15) is 43.2 Å². The van der Waals surface area contributed by atoms with Crippen LogP contribution < -0.4 is 63.8 Å². The fraction of sp³-hybridized carbons (Fsp3) is 0.312. The number of anilines is 5. The van der Waals surface area contributed by atoms with Crippen LogP contribution in [0.15, 0.2) is 134 Å². The molecule has 3 aromatic carbocycles. The number of unbranched alkanes of at least 4 members (excludes halogenated alkanes) is 1. The zero-order valence-corrected chi connectivity index (χ0v) is 53.6. The van der Waals surface area contributed by atoms with Gasteiger partial charge >= 0.3 is 202 Å². The summed E-state index contributed by atoms with van der Waals surface area (Å²) in [5.41, 5.74) is 0.964. The van der Waals surface area contributed by atoms with Gasteiger partial charge in [-0.15, -0.1) is 0 Å². The summed E-state index contributed by atoms with van der Waals surface area (Å²) in [5.74, 6) is -4.01. The Kier molecular flexibility index (Phi) is 23.3. The van der Waals surface area contributed by atoms with Gasteiger partial charge in [-0.2, -0.15) is 0 Å². The standard InChI is InChI=1S/C64H79N18O9P/c1-77(2)34-19-30-65-54(84)27-32-67-60(87)48-36-43(38-78(48)3)69-63(90)58-74-51(41-82(58)7)72-56(86)29-33-68-62(89)57-75-52(42-80(57)5)76-61(88)49-37-44(39-79(49)4)70-64(91)59-73-50(40-81(59)6)71-55(85)28-31-66-53(83)26-17-18-35-92(45-20-11-8-12-21-45,46-22-13-9-14-23-46)47-24-15-10-16-25-47/h8-16,20-25,36-42,92H,17-19,26-35H2,1-7H3,(H,65,84)(H,66,83)(H,67,87)(H,68,89)(H,69,90)(H,70,91)(H,71,85)(H,72,86)(H,76,88). The summed E-state index contributed by atoms with van der Waals surface area (Å²) >= 11 is 0. The second-order valence-electron chi connectivity index (χ2n) is 22.4. The first-order valence-corrected chi connectivity index (χ1v) is 32.3. The summed E-state index contributed by atoms with van der Waals surface area (Å²) in [6, 6.07) is 34.9. The third kappa shape index (κ3) is 18.1. The minimum absolute atomic E-state index is 0.0183. The Bertz CT molecular complexity index is 3830. The number of amides is 9. The van der Waals surface area contributed by atoms with Crippen LogP contribution in [0, 0.1) is 0 Å². The van der Waals surface area contributed by atoms with E-state index >= 15 is 0 Å². The number of carbonyl (C=O) groups is 9. The topological polar surface area (TPSA) is 328 Å². The number of aryl methyl sites for hydroxylation is 5. The predicted octanol–water partition coefficient (Wildman–Crippen LogP) is 3.61. The number of aromatic nitrogens is 8. The fourth-order valence-electron chi connectivity index (χ4n) is 10.5. The van der Waals surface area contributed by atoms with Crippen molar-refractivity contribution in [2.75, 3.05) is 79.6 Å². The molecule has 0 radical (unpaired) electrons. The van der Waals surface area contributed by atoms with Gasteiger partial charge in [-0.25, -0.2) is 9.97 Å². The molecule has 0 fully saturated rings. The van der Waals surface area contributed by atoms with Crippen molar-refractivity contribution >= 4 is 105 Å². The van der Waals surface area contributed by atoms with Crippen LogP contribution in [-0.4, -0.2) is 149 Å². The molecule has 0 aliphatic heterocycles. The maximum absolute atomic E-state index is 13.5. The molecule has 0 atom stereocenters. The van der Waals surface area contributed by atoms with E-state index in [0.29, 0.717) is 25.1 Å². The molecule has 0 saturated heterocycles. The number of imidazole rings is 3. The molecule has 0 unspecified atom stereocenters. The van der Waals surface area contributed by atoms with Crippen molar-refractivity contribution in [3.05, 3.63) is 163 Å². The Morgan fingerprint density at radius 1 is 0.391 bits per heavy atom. The summed E-state index contributed by atoms with van der Waals surface area (Å²) in [6.07, 6.45) is 10.9. The van der Waals surface area contributed by atoms with Gasteiger partial charge in [0.1, 0.15) is 11.4 Å². The van der Waals surface area contributed by atoms with Gasteiger partial charge in [-0.3, -0.25) is 33.6 Å². The zero-order chi connectivity index (χ0) is 65.9. The van der Waals surface area contributed by atoms with Crippen LogP contribution in [0.2, 0.25) is 0 Å². The second-order valence-corrected chi connectivity index (χ2v) is 26.5. The molecule has 0 aliphatic carbocycles. The molecule has 0 aliphatic rings. The Morgan fingerprint density at radius 3 is 1.25 bits per heavy atom. The van der Waals surface area contributed by atoms with Gasteiger partial charge in [-0.1, -0.05) is 0 Å². The van der Waals surface area contributed by atoms with Crippen molar-refractivity contribution in [3.8, 4) is 0 Å². The summed E-state index contributed by atoms with van der Waals surface area (Å²) in [7, 11) is 9.44. The van der Waals surface area contributed by atoms with E-state index in [-0.39, 0.29) is 103 Å². The van der Waals surface area contributed by atoms with Crippen LogP contribution >= 0.6 is 7.26 Å². The molecule has 5 aromatic heterocycles. The van der Waals surface area contributed by atoms with E-state index < -0.39 is 48.6 Å². The molecule has 0 saturated carbocycles. The average molecular weight is 1280 g/mol. The molecule has 8 rings (SSSR count). The van der Waals surface area contributed by atoms with Gasteiger partial charge < -0.3 is 65.0 Å². The first-order chi connectivity index (χ1) is 44.2. The van der Waals surface area contributed by atoms with Crippen LogP contribution in [0.25, 0.3) is 0 Å². The molecule has 8 aromatic rings. The number of nitrogens with one attached hydrogen (secondary N) is 9. The third-order valence-electron chi connectivity index (χ3n) is 15.1. The van der Waals surface area contributed by atoms with Crippen molar-refractivity contribution in [1.82, 2.24) is 64.0 Å². The van der Waals surface area contributed by atoms with Gasteiger partial charge in [0.25, 0.3) is 29.5 Å². The van der Waals surface area contributed by atoms with E-state index in [1.807, 2.05) is 37.2 Å². The van der Waals surface area contributed by atoms with Gasteiger partial charge in [0.15, 0.2) is 11.6 Å². The monoisotopic (exact) mass is 1270 g/mol. The van der Waals surface area contributed by atoms with Crippen LogP contribution in [0.5, 0.6) is 0 Å². The first-order valence-electron chi connectivity index (χ1n) is 30.0. The van der Waals surface area contributed by atoms with Crippen molar-refractivity contribution in [1.29, 1.82) is 0 Å². The fourth-order valence-corrected chi connectivity index (χ4v) is 15.5. The van der Waals surface area contributed by atoms with E-state index in [2.05, 4.69) is 136 Å². The van der Waals surface area contributed by atoms with E-state index in [1.165, 1.54) is 75.7 Å². The van der Waals surface area contributed by atoms with Crippen LogP contribution in [0.1, 0.15) is 97.8 Å². The summed E-state index contributed by atoms with van der Waals surface area (Å²) in [4.78, 5) is 132. The number of rotatable bonds is 31. The number of hydrogen-bond acceptors (Lipinski definition) is 13. The molecule has 9 amide bonds. The molecule has 484 valence electrons. The van der Waals surface area contributed by atoms with Gasteiger partial charge in [-0.05, 0) is 39.2 Å². The minimum Gasteiger partial charge on any atom is -0.344 e. The number of carbonyl (C=O) groups excluding carboxylic acids is 9. The van der Waals surface area contributed by atoms with Gasteiger partial charge in [0, 0.05) is 92.5 Å². The van der Waals surface area contributed by atoms with E-state index in [4.69, 9.17) is 0 Å². The SMILES string of the molecule is CN(C)CCCNC(=O)CCNC(=O)c1cc(NC(=O)c2nc(NC(=O)CCNC(=O)c3nc(NC(=O)c4cc(NC(=O)c5nc(NC(=O)CCNC(=O)CCCC[PH](c6ccccc6)(c6ccccc6)c6ccccc6)cn5C)cn4C)cn3C)cn2C)cn1C. The van der Waals surface area contributed by atoms with Crippen LogP contribution in [0.3, 0.4) is 0 Å². The Hall–Kier alpha value is -10.5. The maximum atomic E-state index is 13.5. The van der Waals surface area contributed by atoms with Crippen molar-refractivity contribution < 1.29 is 43.2 Å². The molecule has 28 heteroatoms. The number of hydrogen-bond donors (Lipinski definition) is 9.